The van der Waals surface area contributed by atoms with E-state index in [4.69, 9.17) is 9.47 Å². The fourth-order valence-electron chi connectivity index (χ4n) is 1.68. The Balaban J connectivity index is 2.27. The lowest BCUT2D eigenvalue weighted by molar-refractivity contribution is -0.173. The van der Waals surface area contributed by atoms with E-state index >= 15 is 0 Å². The van der Waals surface area contributed by atoms with E-state index in [1.54, 1.807) is 14.2 Å². The SMILES string of the molecule is COC(CN1CC(O)(C(C)C)C1)OC. The zero-order valence-electron chi connectivity index (χ0n) is 9.49. The monoisotopic (exact) mass is 203 g/mol. The van der Waals surface area contributed by atoms with Crippen molar-refractivity contribution < 1.29 is 14.6 Å². The van der Waals surface area contributed by atoms with Crippen molar-refractivity contribution in [2.24, 2.45) is 5.92 Å². The maximum atomic E-state index is 9.99. The van der Waals surface area contributed by atoms with Gasteiger partial charge in [-0.3, -0.25) is 4.90 Å². The molecule has 0 saturated carbocycles. The predicted octanol–water partition coefficient (Wildman–Crippen LogP) is 0.308. The van der Waals surface area contributed by atoms with Crippen LogP contribution in [0.4, 0.5) is 0 Å². The summed E-state index contributed by atoms with van der Waals surface area (Å²) in [5.41, 5.74) is -0.508. The van der Waals surface area contributed by atoms with Gasteiger partial charge in [0.1, 0.15) is 0 Å². The van der Waals surface area contributed by atoms with Gasteiger partial charge in [0.15, 0.2) is 6.29 Å². The van der Waals surface area contributed by atoms with Crippen molar-refractivity contribution in [2.45, 2.75) is 25.7 Å². The highest BCUT2D eigenvalue weighted by atomic mass is 16.7. The molecule has 0 aromatic heterocycles. The molecule has 0 unspecified atom stereocenters. The molecule has 0 aromatic carbocycles. The second kappa shape index (κ2) is 4.57. The van der Waals surface area contributed by atoms with Crippen molar-refractivity contribution in [3.63, 3.8) is 0 Å². The van der Waals surface area contributed by atoms with Crippen molar-refractivity contribution in [2.75, 3.05) is 33.9 Å². The third-order valence-corrected chi connectivity index (χ3v) is 3.00. The Labute approximate surface area is 85.8 Å². The standard InChI is InChI=1S/C10H21NO3/c1-8(2)10(12)6-11(7-10)5-9(13-3)14-4/h8-9,12H,5-7H2,1-4H3. The normalized spacial score (nSPS) is 21.6. The Hall–Kier alpha value is -0.160. The number of hydrogen-bond donors (Lipinski definition) is 1. The molecule has 1 aliphatic heterocycles. The summed E-state index contributed by atoms with van der Waals surface area (Å²) in [6.45, 7) is 6.24. The molecule has 0 bridgehead atoms. The molecule has 1 rings (SSSR count). The molecule has 0 spiro atoms. The van der Waals surface area contributed by atoms with Gasteiger partial charge in [0, 0.05) is 33.9 Å². The zero-order chi connectivity index (χ0) is 10.8. The highest BCUT2D eigenvalue weighted by Gasteiger charge is 2.43. The second-order valence-corrected chi connectivity index (χ2v) is 4.33. The Morgan fingerprint density at radius 1 is 1.29 bits per heavy atom. The lowest BCUT2D eigenvalue weighted by Gasteiger charge is -2.49. The number of likely N-dealkylation sites (tertiary alicyclic amines) is 1. The zero-order valence-corrected chi connectivity index (χ0v) is 9.49. The van der Waals surface area contributed by atoms with Gasteiger partial charge in [0.25, 0.3) is 0 Å². The topological polar surface area (TPSA) is 41.9 Å². The van der Waals surface area contributed by atoms with Gasteiger partial charge in [-0.1, -0.05) is 13.8 Å². The first-order valence-electron chi connectivity index (χ1n) is 5.02. The molecule has 0 radical (unpaired) electrons. The van der Waals surface area contributed by atoms with E-state index in [0.29, 0.717) is 19.0 Å². The number of rotatable bonds is 5. The van der Waals surface area contributed by atoms with Gasteiger partial charge in [-0.15, -0.1) is 0 Å². The Kier molecular flexibility index (Phi) is 3.89. The van der Waals surface area contributed by atoms with E-state index in [2.05, 4.69) is 4.90 Å². The van der Waals surface area contributed by atoms with Crippen LogP contribution in [0, 0.1) is 5.92 Å². The maximum absolute atomic E-state index is 9.99. The first kappa shape index (κ1) is 11.9. The highest BCUT2D eigenvalue weighted by Crippen LogP contribution is 2.28. The van der Waals surface area contributed by atoms with Gasteiger partial charge in [0.2, 0.25) is 0 Å². The van der Waals surface area contributed by atoms with Crippen LogP contribution in [-0.2, 0) is 9.47 Å². The van der Waals surface area contributed by atoms with E-state index in [1.165, 1.54) is 0 Å². The summed E-state index contributed by atoms with van der Waals surface area (Å²) in [5, 5.41) is 9.99. The van der Waals surface area contributed by atoms with Crippen molar-refractivity contribution in [1.29, 1.82) is 0 Å². The van der Waals surface area contributed by atoms with Crippen LogP contribution in [-0.4, -0.2) is 55.8 Å². The molecule has 1 heterocycles. The number of nitrogens with zero attached hydrogens (tertiary/aromatic N) is 1. The van der Waals surface area contributed by atoms with Crippen molar-refractivity contribution in [3.05, 3.63) is 0 Å². The largest absolute Gasteiger partial charge is 0.387 e. The Morgan fingerprint density at radius 2 is 1.79 bits per heavy atom. The van der Waals surface area contributed by atoms with Crippen LogP contribution in [0.1, 0.15) is 13.8 Å². The van der Waals surface area contributed by atoms with Crippen LogP contribution < -0.4 is 0 Å². The first-order valence-corrected chi connectivity index (χ1v) is 5.02. The molecule has 0 amide bonds. The van der Waals surface area contributed by atoms with Gasteiger partial charge in [-0.25, -0.2) is 0 Å². The van der Waals surface area contributed by atoms with E-state index in [0.717, 1.165) is 6.54 Å². The summed E-state index contributed by atoms with van der Waals surface area (Å²) in [4.78, 5) is 2.14. The summed E-state index contributed by atoms with van der Waals surface area (Å²) in [7, 11) is 3.26. The van der Waals surface area contributed by atoms with E-state index < -0.39 is 5.60 Å². The number of methoxy groups -OCH3 is 2. The molecular formula is C10H21NO3. The molecule has 14 heavy (non-hydrogen) atoms. The molecule has 0 aromatic rings. The molecule has 84 valence electrons. The minimum Gasteiger partial charge on any atom is -0.387 e. The van der Waals surface area contributed by atoms with Crippen LogP contribution >= 0.6 is 0 Å². The molecule has 4 heteroatoms. The van der Waals surface area contributed by atoms with Gasteiger partial charge >= 0.3 is 0 Å². The lowest BCUT2D eigenvalue weighted by atomic mass is 9.83. The fraction of sp³-hybridized carbons (Fsp3) is 1.00. The summed E-state index contributed by atoms with van der Waals surface area (Å²) < 4.78 is 10.2. The molecule has 1 N–H and O–H groups in total. The van der Waals surface area contributed by atoms with Crippen molar-refractivity contribution in [1.82, 2.24) is 4.90 Å². The highest BCUT2D eigenvalue weighted by molar-refractivity contribution is 4.97. The molecule has 1 fully saturated rings. The van der Waals surface area contributed by atoms with E-state index in [-0.39, 0.29) is 6.29 Å². The molecule has 1 aliphatic rings. The quantitative estimate of drug-likeness (QED) is 0.653. The number of hydrogen-bond acceptors (Lipinski definition) is 4. The molecule has 0 aliphatic carbocycles. The Bertz CT molecular complexity index is 171. The minimum absolute atomic E-state index is 0.188. The van der Waals surface area contributed by atoms with Crippen molar-refractivity contribution >= 4 is 0 Å². The Morgan fingerprint density at radius 3 is 2.14 bits per heavy atom. The third kappa shape index (κ3) is 2.45. The van der Waals surface area contributed by atoms with Gasteiger partial charge < -0.3 is 14.6 Å². The molecular weight excluding hydrogens is 182 g/mol. The summed E-state index contributed by atoms with van der Waals surface area (Å²) in [6, 6.07) is 0. The second-order valence-electron chi connectivity index (χ2n) is 4.33. The molecule has 1 saturated heterocycles. The summed E-state index contributed by atoms with van der Waals surface area (Å²) in [6.07, 6.45) is -0.188. The van der Waals surface area contributed by atoms with Gasteiger partial charge in [0.05, 0.1) is 5.60 Å². The fourth-order valence-corrected chi connectivity index (χ4v) is 1.68. The van der Waals surface area contributed by atoms with E-state index in [1.807, 2.05) is 13.8 Å². The first-order chi connectivity index (χ1) is 6.51. The van der Waals surface area contributed by atoms with E-state index in [9.17, 15) is 5.11 Å². The van der Waals surface area contributed by atoms with Crippen LogP contribution in [0.15, 0.2) is 0 Å². The minimum atomic E-state index is -0.508. The third-order valence-electron chi connectivity index (χ3n) is 3.00. The number of aliphatic hydroxyl groups is 1. The van der Waals surface area contributed by atoms with Crippen LogP contribution in [0.5, 0.6) is 0 Å². The number of β-amino-alcohol motifs (C(OH)–C–C–N with tert-alkyl or cyclic N) is 1. The maximum Gasteiger partial charge on any atom is 0.169 e. The van der Waals surface area contributed by atoms with Gasteiger partial charge in [-0.05, 0) is 5.92 Å². The number of ether oxygens (including phenoxy) is 2. The van der Waals surface area contributed by atoms with Crippen LogP contribution in [0.3, 0.4) is 0 Å². The molecule has 4 nitrogen and oxygen atoms in total. The van der Waals surface area contributed by atoms with Crippen molar-refractivity contribution in [3.8, 4) is 0 Å². The molecule has 0 atom stereocenters. The average Bonchev–Trinajstić information content (AvgIpc) is 2.10. The lowest BCUT2D eigenvalue weighted by Crippen LogP contribution is -2.65. The summed E-state index contributed by atoms with van der Waals surface area (Å²) >= 11 is 0. The summed E-state index contributed by atoms with van der Waals surface area (Å²) in [5.74, 6) is 0.308. The van der Waals surface area contributed by atoms with Gasteiger partial charge in [-0.2, -0.15) is 0 Å². The van der Waals surface area contributed by atoms with Crippen LogP contribution in [0.2, 0.25) is 0 Å². The predicted molar refractivity (Wildman–Crippen MR) is 54.0 cm³/mol. The van der Waals surface area contributed by atoms with Crippen LogP contribution in [0.25, 0.3) is 0 Å². The smallest absolute Gasteiger partial charge is 0.169 e. The average molecular weight is 203 g/mol.